The van der Waals surface area contributed by atoms with Gasteiger partial charge < -0.3 is 20.5 Å². The first-order valence-electron chi connectivity index (χ1n) is 9.62. The van der Waals surface area contributed by atoms with Gasteiger partial charge in [-0.15, -0.1) is 0 Å². The topological polar surface area (TPSA) is 96.4 Å². The van der Waals surface area contributed by atoms with Gasteiger partial charge in [0.2, 0.25) is 11.8 Å². The number of methoxy groups -OCH3 is 1. The number of amides is 1. The molecule has 0 unspecified atom stereocenters. The van der Waals surface area contributed by atoms with Crippen molar-refractivity contribution >= 4 is 16.9 Å². The summed E-state index contributed by atoms with van der Waals surface area (Å²) in [4.78, 5) is 21.5. The van der Waals surface area contributed by atoms with Crippen LogP contribution in [0.2, 0.25) is 0 Å². The molecule has 2 aliphatic rings. The van der Waals surface area contributed by atoms with E-state index >= 15 is 0 Å². The lowest BCUT2D eigenvalue weighted by Gasteiger charge is -2.35. The highest BCUT2D eigenvalue weighted by atomic mass is 16.5. The minimum atomic E-state index is -0.468. The highest BCUT2D eigenvalue weighted by Gasteiger charge is 2.39. The number of carbonyl (C=O) groups is 1. The van der Waals surface area contributed by atoms with Crippen molar-refractivity contribution in [2.45, 2.75) is 37.8 Å². The molecule has 1 aliphatic carbocycles. The second kappa shape index (κ2) is 7.78. The Morgan fingerprint density at radius 2 is 1.93 bits per heavy atom. The van der Waals surface area contributed by atoms with Gasteiger partial charge in [-0.2, -0.15) is 0 Å². The van der Waals surface area contributed by atoms with Crippen molar-refractivity contribution in [2.75, 3.05) is 20.2 Å². The number of fused-ring (bicyclic) bond motifs is 2. The summed E-state index contributed by atoms with van der Waals surface area (Å²) in [6.07, 6.45) is 1.86. The van der Waals surface area contributed by atoms with E-state index in [2.05, 4.69) is 20.6 Å². The van der Waals surface area contributed by atoms with Gasteiger partial charge in [-0.1, -0.05) is 12.1 Å². The zero-order chi connectivity index (χ0) is 18.8. The number of hydrogen-bond acceptors (Lipinski definition) is 6. The molecule has 4 rings (SSSR count). The molecule has 144 valence electrons. The molecule has 1 aliphatic heterocycles. The van der Waals surface area contributed by atoms with Crippen molar-refractivity contribution in [1.29, 1.82) is 0 Å². The number of aromatic nitrogens is 2. The van der Waals surface area contributed by atoms with Crippen LogP contribution in [0.4, 0.5) is 0 Å². The van der Waals surface area contributed by atoms with Gasteiger partial charge in [-0.05, 0) is 49.9 Å². The Morgan fingerprint density at radius 1 is 1.22 bits per heavy atom. The van der Waals surface area contributed by atoms with Crippen LogP contribution < -0.4 is 15.4 Å². The summed E-state index contributed by atoms with van der Waals surface area (Å²) in [5, 5.41) is 16.8. The van der Waals surface area contributed by atoms with Gasteiger partial charge >= 0.3 is 0 Å². The maximum absolute atomic E-state index is 12.5. The standard InChI is InChI=1S/C20H26N4O3/c1-27-20-16(22-14-4-2-3-5-15(14)24-20)6-7-19(26)23-17-8-12-10-21-11-13(12)9-18(17)25/h2-5,12-13,17-18,21,25H,6-11H2,1H3,(H,23,26)/t12-,13+,17-,18-/m0/s1. The van der Waals surface area contributed by atoms with Gasteiger partial charge in [-0.25, -0.2) is 9.97 Å². The normalized spacial score (nSPS) is 27.3. The molecule has 1 aromatic carbocycles. The molecule has 0 radical (unpaired) electrons. The Morgan fingerprint density at radius 3 is 2.67 bits per heavy atom. The molecule has 27 heavy (non-hydrogen) atoms. The molecule has 2 fully saturated rings. The number of rotatable bonds is 5. The minimum Gasteiger partial charge on any atom is -0.480 e. The third kappa shape index (κ3) is 3.89. The fraction of sp³-hybridized carbons (Fsp3) is 0.550. The van der Waals surface area contributed by atoms with E-state index in [4.69, 9.17) is 4.74 Å². The van der Waals surface area contributed by atoms with Gasteiger partial charge in [0.1, 0.15) is 5.69 Å². The SMILES string of the molecule is COc1nc2ccccc2nc1CCC(=O)N[C@H]1C[C@H]2CNC[C@H]2C[C@@H]1O. The monoisotopic (exact) mass is 370 g/mol. The molecule has 7 nitrogen and oxygen atoms in total. The van der Waals surface area contributed by atoms with Crippen molar-refractivity contribution in [3.05, 3.63) is 30.0 Å². The number of hydrogen-bond donors (Lipinski definition) is 3. The molecular weight excluding hydrogens is 344 g/mol. The van der Waals surface area contributed by atoms with Crippen LogP contribution in [0.15, 0.2) is 24.3 Å². The molecule has 4 atom stereocenters. The lowest BCUT2D eigenvalue weighted by atomic mass is 9.77. The third-order valence-electron chi connectivity index (χ3n) is 5.78. The van der Waals surface area contributed by atoms with Crippen LogP contribution in [0.5, 0.6) is 5.88 Å². The summed E-state index contributed by atoms with van der Waals surface area (Å²) in [5.41, 5.74) is 2.24. The van der Waals surface area contributed by atoms with E-state index in [-0.39, 0.29) is 11.9 Å². The van der Waals surface area contributed by atoms with Crippen LogP contribution >= 0.6 is 0 Å². The Kier molecular flexibility index (Phi) is 5.22. The van der Waals surface area contributed by atoms with Crippen molar-refractivity contribution in [3.63, 3.8) is 0 Å². The first kappa shape index (κ1) is 18.1. The molecule has 1 aromatic heterocycles. The largest absolute Gasteiger partial charge is 0.480 e. The van der Waals surface area contributed by atoms with Crippen LogP contribution in [-0.4, -0.2) is 53.3 Å². The summed E-state index contributed by atoms with van der Waals surface area (Å²) in [6.45, 7) is 1.95. The number of nitrogens with zero attached hydrogens (tertiary/aromatic N) is 2. The Labute approximate surface area is 158 Å². The smallest absolute Gasteiger partial charge is 0.235 e. The van der Waals surface area contributed by atoms with Crippen molar-refractivity contribution < 1.29 is 14.6 Å². The summed E-state index contributed by atoms with van der Waals surface area (Å²) >= 11 is 0. The molecule has 0 bridgehead atoms. The van der Waals surface area contributed by atoms with Crippen LogP contribution in [0.3, 0.4) is 0 Å². The van der Waals surface area contributed by atoms with E-state index in [1.165, 1.54) is 0 Å². The molecule has 1 amide bonds. The number of ether oxygens (including phenoxy) is 1. The van der Waals surface area contributed by atoms with Crippen LogP contribution in [0.25, 0.3) is 11.0 Å². The van der Waals surface area contributed by atoms with E-state index in [1.54, 1.807) is 7.11 Å². The molecule has 2 heterocycles. The molecule has 2 aromatic rings. The van der Waals surface area contributed by atoms with E-state index in [9.17, 15) is 9.90 Å². The third-order valence-corrected chi connectivity index (χ3v) is 5.78. The van der Waals surface area contributed by atoms with Crippen LogP contribution in [-0.2, 0) is 11.2 Å². The fourth-order valence-corrected chi connectivity index (χ4v) is 4.31. The predicted octanol–water partition coefficient (Wildman–Crippen LogP) is 1.05. The van der Waals surface area contributed by atoms with E-state index in [1.807, 2.05) is 24.3 Å². The van der Waals surface area contributed by atoms with Crippen LogP contribution in [0, 0.1) is 11.8 Å². The van der Waals surface area contributed by atoms with E-state index in [0.29, 0.717) is 36.3 Å². The van der Waals surface area contributed by atoms with Gasteiger partial charge in [0.15, 0.2) is 0 Å². The quantitative estimate of drug-likeness (QED) is 0.728. The van der Waals surface area contributed by atoms with Gasteiger partial charge in [-0.3, -0.25) is 4.79 Å². The van der Waals surface area contributed by atoms with E-state index in [0.717, 1.165) is 37.0 Å². The number of nitrogens with one attached hydrogen (secondary N) is 2. The molecule has 0 spiro atoms. The maximum Gasteiger partial charge on any atom is 0.235 e. The Bertz CT molecular complexity index is 828. The lowest BCUT2D eigenvalue weighted by Crippen LogP contribution is -2.49. The highest BCUT2D eigenvalue weighted by Crippen LogP contribution is 2.33. The minimum absolute atomic E-state index is 0.0690. The average Bonchev–Trinajstić information content (AvgIpc) is 3.12. The Hall–Kier alpha value is -2.25. The summed E-state index contributed by atoms with van der Waals surface area (Å²) in [6, 6.07) is 7.44. The van der Waals surface area contributed by atoms with Crippen molar-refractivity contribution in [2.24, 2.45) is 11.8 Å². The number of para-hydroxylation sites is 2. The van der Waals surface area contributed by atoms with Gasteiger partial charge in [0.05, 0.1) is 30.3 Å². The fourth-order valence-electron chi connectivity index (χ4n) is 4.31. The summed E-state index contributed by atoms with van der Waals surface area (Å²) in [5.74, 6) is 1.47. The lowest BCUT2D eigenvalue weighted by molar-refractivity contribution is -0.123. The highest BCUT2D eigenvalue weighted by molar-refractivity contribution is 5.77. The Balaban J connectivity index is 1.38. The van der Waals surface area contributed by atoms with Gasteiger partial charge in [0.25, 0.3) is 0 Å². The summed E-state index contributed by atoms with van der Waals surface area (Å²) < 4.78 is 5.35. The maximum atomic E-state index is 12.5. The average molecular weight is 370 g/mol. The second-order valence-electron chi connectivity index (χ2n) is 7.56. The number of aliphatic hydroxyl groups excluding tert-OH is 1. The number of carbonyl (C=O) groups excluding carboxylic acids is 1. The second-order valence-corrected chi connectivity index (χ2v) is 7.56. The zero-order valence-corrected chi connectivity index (χ0v) is 15.5. The van der Waals surface area contributed by atoms with Crippen molar-refractivity contribution in [3.8, 4) is 5.88 Å². The molecule has 3 N–H and O–H groups in total. The zero-order valence-electron chi connectivity index (χ0n) is 15.5. The first-order chi connectivity index (χ1) is 13.1. The van der Waals surface area contributed by atoms with E-state index < -0.39 is 6.10 Å². The van der Waals surface area contributed by atoms with Gasteiger partial charge in [0, 0.05) is 12.8 Å². The molecular formula is C20H26N4O3. The summed E-state index contributed by atoms with van der Waals surface area (Å²) in [7, 11) is 1.56. The number of benzene rings is 1. The first-order valence-corrected chi connectivity index (χ1v) is 9.62. The molecule has 7 heteroatoms. The molecule has 1 saturated heterocycles. The number of aliphatic hydroxyl groups is 1. The van der Waals surface area contributed by atoms with Crippen molar-refractivity contribution in [1.82, 2.24) is 20.6 Å². The van der Waals surface area contributed by atoms with Crippen LogP contribution in [0.1, 0.15) is 25.0 Å². The predicted molar refractivity (Wildman–Crippen MR) is 101 cm³/mol. The number of aryl methyl sites for hydroxylation is 1. The molecule has 1 saturated carbocycles.